The molecule has 1 N–H and O–H groups in total. The second-order valence-corrected chi connectivity index (χ2v) is 8.83. The summed E-state index contributed by atoms with van der Waals surface area (Å²) in [6.07, 6.45) is 1.96. The van der Waals surface area contributed by atoms with Crippen molar-refractivity contribution in [3.8, 4) is 39.5 Å². The molecule has 4 heteroatoms. The fourth-order valence-electron chi connectivity index (χ4n) is 4.14. The molecule has 0 aliphatic heterocycles. The second kappa shape index (κ2) is 10.4. The summed E-state index contributed by atoms with van der Waals surface area (Å²) in [5, 5.41) is 10.2. The summed E-state index contributed by atoms with van der Waals surface area (Å²) in [6.45, 7) is 4.43. The second-order valence-electron chi connectivity index (χ2n) is 8.83. The summed E-state index contributed by atoms with van der Waals surface area (Å²) < 4.78 is 0. The predicted molar refractivity (Wildman–Crippen MR) is 137 cm³/mol. The zero-order valence-electron chi connectivity index (χ0n) is 19.6. The molecule has 5 rings (SSSR count). The van der Waals surface area contributed by atoms with Gasteiger partial charge in [-0.15, -0.1) is 24.3 Å². The summed E-state index contributed by atoms with van der Waals surface area (Å²) in [7, 11) is 0. The monoisotopic (exact) mass is 636 g/mol. The van der Waals surface area contributed by atoms with Crippen LogP contribution in [0.3, 0.4) is 0 Å². The number of hydrogen-bond donors (Lipinski definition) is 1. The van der Waals surface area contributed by atoms with Gasteiger partial charge in [0.25, 0.3) is 0 Å². The van der Waals surface area contributed by atoms with Crippen LogP contribution in [0, 0.1) is 6.07 Å². The van der Waals surface area contributed by atoms with Gasteiger partial charge in [-0.05, 0) is 29.3 Å². The SMILES string of the molecule is CC(C)(c1ccccc1)c1ccc(-c2[c-]c(-c3cccc(-c4ccccc4O)n3)ccc2)nc1.[Pt]. The molecule has 0 fully saturated rings. The fraction of sp³-hybridized carbons (Fsp3) is 0.0968. The number of rotatable bonds is 5. The number of phenolic OH excluding ortho intramolecular Hbond substituents is 1. The zero-order chi connectivity index (χ0) is 23.5. The first-order valence-electron chi connectivity index (χ1n) is 11.3. The van der Waals surface area contributed by atoms with Gasteiger partial charge in [0.2, 0.25) is 0 Å². The van der Waals surface area contributed by atoms with E-state index in [1.807, 2.05) is 60.8 Å². The van der Waals surface area contributed by atoms with Crippen LogP contribution in [0.4, 0.5) is 0 Å². The van der Waals surface area contributed by atoms with Crippen LogP contribution < -0.4 is 0 Å². The molecule has 0 amide bonds. The van der Waals surface area contributed by atoms with Crippen LogP contribution in [0.5, 0.6) is 5.75 Å². The summed E-state index contributed by atoms with van der Waals surface area (Å²) in [5.74, 6) is 0.215. The van der Waals surface area contributed by atoms with Crippen molar-refractivity contribution in [2.45, 2.75) is 19.3 Å². The Morgan fingerprint density at radius 2 is 1.29 bits per heavy atom. The van der Waals surface area contributed by atoms with Crippen molar-refractivity contribution >= 4 is 0 Å². The maximum absolute atomic E-state index is 10.2. The van der Waals surface area contributed by atoms with Gasteiger partial charge in [-0.3, -0.25) is 9.97 Å². The third kappa shape index (κ3) is 5.11. The molecule has 5 aromatic rings. The minimum atomic E-state index is -0.133. The molecule has 35 heavy (non-hydrogen) atoms. The minimum absolute atomic E-state index is 0. The Hall–Kier alpha value is -3.55. The van der Waals surface area contributed by atoms with E-state index in [0.29, 0.717) is 5.56 Å². The molecule has 3 aromatic carbocycles. The number of pyridine rings is 2. The standard InChI is InChI=1S/C31H25N2O.Pt/c1-31(2,24-12-4-3-5-13-24)25-18-19-27(32-21-25)22-10-8-11-23(20-22)28-15-9-16-29(33-28)26-14-6-7-17-30(26)34;/h3-19,21,34H,1-2H3;/q-1;. The molecule has 176 valence electrons. The number of nitrogens with zero attached hydrogens (tertiary/aromatic N) is 2. The van der Waals surface area contributed by atoms with Crippen molar-refractivity contribution in [1.82, 2.24) is 9.97 Å². The average Bonchev–Trinajstić information content (AvgIpc) is 2.90. The van der Waals surface area contributed by atoms with Crippen molar-refractivity contribution in [3.63, 3.8) is 0 Å². The van der Waals surface area contributed by atoms with Crippen LogP contribution >= 0.6 is 0 Å². The maximum atomic E-state index is 10.2. The zero-order valence-corrected chi connectivity index (χ0v) is 21.8. The average molecular weight is 637 g/mol. The van der Waals surface area contributed by atoms with E-state index in [1.54, 1.807) is 12.1 Å². The Balaban J connectivity index is 0.00000289. The molecular formula is C31H25N2OPt-. The number of aromatic nitrogens is 2. The molecule has 0 saturated heterocycles. The molecular weight excluding hydrogens is 611 g/mol. The van der Waals surface area contributed by atoms with E-state index in [9.17, 15) is 5.11 Å². The van der Waals surface area contributed by atoms with E-state index in [4.69, 9.17) is 9.97 Å². The van der Waals surface area contributed by atoms with Gasteiger partial charge < -0.3 is 5.11 Å². The molecule has 0 radical (unpaired) electrons. The number of para-hydroxylation sites is 1. The molecule has 0 atom stereocenters. The minimum Gasteiger partial charge on any atom is -0.507 e. The Labute approximate surface area is 220 Å². The summed E-state index contributed by atoms with van der Waals surface area (Å²) in [4.78, 5) is 9.54. The van der Waals surface area contributed by atoms with E-state index in [2.05, 4.69) is 56.3 Å². The molecule has 0 aliphatic carbocycles. The van der Waals surface area contributed by atoms with Crippen molar-refractivity contribution in [1.29, 1.82) is 0 Å². The topological polar surface area (TPSA) is 46.0 Å². The molecule has 0 spiro atoms. The van der Waals surface area contributed by atoms with E-state index in [-0.39, 0.29) is 32.2 Å². The van der Waals surface area contributed by atoms with Gasteiger partial charge in [0.05, 0.1) is 5.69 Å². The first kappa shape index (κ1) is 24.6. The molecule has 0 aliphatic rings. The summed E-state index contributed by atoms with van der Waals surface area (Å²) in [5.41, 5.74) is 7.17. The molecule has 3 nitrogen and oxygen atoms in total. The van der Waals surface area contributed by atoms with Crippen molar-refractivity contribution in [2.24, 2.45) is 0 Å². The van der Waals surface area contributed by atoms with Crippen LogP contribution in [0.25, 0.3) is 33.8 Å². The van der Waals surface area contributed by atoms with Crippen LogP contribution in [0.2, 0.25) is 0 Å². The Morgan fingerprint density at radius 1 is 0.629 bits per heavy atom. The normalized spacial score (nSPS) is 11.0. The van der Waals surface area contributed by atoms with E-state index in [1.165, 1.54) is 5.56 Å². The fourth-order valence-corrected chi connectivity index (χ4v) is 4.14. The molecule has 2 aromatic heterocycles. The van der Waals surface area contributed by atoms with Gasteiger partial charge in [-0.1, -0.05) is 91.7 Å². The maximum Gasteiger partial charge on any atom is 0.124 e. The summed E-state index contributed by atoms with van der Waals surface area (Å²) >= 11 is 0. The largest absolute Gasteiger partial charge is 0.507 e. The van der Waals surface area contributed by atoms with Gasteiger partial charge in [0.1, 0.15) is 5.75 Å². The van der Waals surface area contributed by atoms with Gasteiger partial charge in [-0.2, -0.15) is 0 Å². The van der Waals surface area contributed by atoms with Crippen molar-refractivity contribution in [3.05, 3.63) is 127 Å². The van der Waals surface area contributed by atoms with Crippen LogP contribution in [0.15, 0.2) is 109 Å². The molecule has 2 heterocycles. The Kier molecular flexibility index (Phi) is 7.28. The van der Waals surface area contributed by atoms with Gasteiger partial charge in [-0.25, -0.2) is 0 Å². The van der Waals surface area contributed by atoms with Gasteiger partial charge in [0, 0.05) is 49.6 Å². The quantitative estimate of drug-likeness (QED) is 0.206. The number of phenols is 1. The number of aromatic hydroxyl groups is 1. The Morgan fingerprint density at radius 3 is 2.00 bits per heavy atom. The van der Waals surface area contributed by atoms with Gasteiger partial charge >= 0.3 is 0 Å². The van der Waals surface area contributed by atoms with E-state index < -0.39 is 0 Å². The number of hydrogen-bond acceptors (Lipinski definition) is 3. The van der Waals surface area contributed by atoms with E-state index >= 15 is 0 Å². The van der Waals surface area contributed by atoms with Crippen molar-refractivity contribution < 1.29 is 26.2 Å². The molecule has 0 bridgehead atoms. The predicted octanol–water partition coefficient (Wildman–Crippen LogP) is 7.31. The van der Waals surface area contributed by atoms with Crippen LogP contribution in [-0.4, -0.2) is 15.1 Å². The van der Waals surface area contributed by atoms with E-state index in [0.717, 1.165) is 33.8 Å². The molecule has 0 unspecified atom stereocenters. The first-order chi connectivity index (χ1) is 16.5. The summed E-state index contributed by atoms with van der Waals surface area (Å²) in [6, 6.07) is 37.2. The van der Waals surface area contributed by atoms with Gasteiger partial charge in [0.15, 0.2) is 0 Å². The third-order valence-electron chi connectivity index (χ3n) is 6.26. The number of benzene rings is 3. The smallest absolute Gasteiger partial charge is 0.124 e. The van der Waals surface area contributed by atoms with Crippen LogP contribution in [0.1, 0.15) is 25.0 Å². The van der Waals surface area contributed by atoms with Crippen molar-refractivity contribution in [2.75, 3.05) is 0 Å². The first-order valence-corrected chi connectivity index (χ1v) is 11.3. The third-order valence-corrected chi connectivity index (χ3v) is 6.26. The van der Waals surface area contributed by atoms with Crippen LogP contribution in [-0.2, 0) is 26.5 Å². The Bertz CT molecular complexity index is 1430. The molecule has 0 saturated carbocycles.